The Morgan fingerprint density at radius 1 is 1.35 bits per heavy atom. The number of carbonyl (C=O) groups excluding carboxylic acids is 1. The highest BCUT2D eigenvalue weighted by Crippen LogP contribution is 2.10. The minimum atomic E-state index is -0.401. The third-order valence-corrected chi connectivity index (χ3v) is 2.19. The predicted molar refractivity (Wildman–Crippen MR) is 64.0 cm³/mol. The third-order valence-electron chi connectivity index (χ3n) is 2.19. The molecule has 0 aliphatic carbocycles. The van der Waals surface area contributed by atoms with Crippen LogP contribution in [0.3, 0.4) is 0 Å². The van der Waals surface area contributed by atoms with Crippen LogP contribution >= 0.6 is 0 Å². The van der Waals surface area contributed by atoms with E-state index in [0.717, 1.165) is 11.6 Å². The van der Waals surface area contributed by atoms with Gasteiger partial charge in [-0.1, -0.05) is 12.1 Å². The first kappa shape index (κ1) is 11.1. The topological polar surface area (TPSA) is 74.8 Å². The van der Waals surface area contributed by atoms with Gasteiger partial charge in [0.25, 0.3) is 11.5 Å². The summed E-state index contributed by atoms with van der Waals surface area (Å²) in [6, 6.07) is 8.55. The number of hydrogen-bond donors (Lipinski definition) is 2. The number of amides is 1. The number of rotatable bonds is 2. The molecule has 5 heteroatoms. The zero-order valence-corrected chi connectivity index (χ0v) is 9.23. The Morgan fingerprint density at radius 3 is 2.88 bits per heavy atom. The van der Waals surface area contributed by atoms with Crippen LogP contribution in [0, 0.1) is 6.92 Å². The Balaban J connectivity index is 2.20. The zero-order valence-electron chi connectivity index (χ0n) is 9.23. The SMILES string of the molecule is Cc1cccc(NC(=O)c2cc(=O)[nH]cn2)c1. The highest BCUT2D eigenvalue weighted by atomic mass is 16.2. The maximum atomic E-state index is 11.8. The van der Waals surface area contributed by atoms with E-state index in [9.17, 15) is 9.59 Å². The fraction of sp³-hybridized carbons (Fsp3) is 0.0833. The maximum Gasteiger partial charge on any atom is 0.274 e. The second-order valence-corrected chi connectivity index (χ2v) is 3.62. The van der Waals surface area contributed by atoms with E-state index in [0.29, 0.717) is 5.69 Å². The number of aromatic amines is 1. The van der Waals surface area contributed by atoms with Gasteiger partial charge >= 0.3 is 0 Å². The molecule has 2 rings (SSSR count). The summed E-state index contributed by atoms with van der Waals surface area (Å²) in [5.41, 5.74) is 1.46. The number of hydrogen-bond acceptors (Lipinski definition) is 3. The van der Waals surface area contributed by atoms with Gasteiger partial charge in [-0.15, -0.1) is 0 Å². The van der Waals surface area contributed by atoms with Gasteiger partial charge in [-0.25, -0.2) is 4.98 Å². The summed E-state index contributed by atoms with van der Waals surface area (Å²) in [5.74, 6) is -0.401. The zero-order chi connectivity index (χ0) is 12.3. The van der Waals surface area contributed by atoms with Crippen LogP contribution in [-0.2, 0) is 0 Å². The van der Waals surface area contributed by atoms with Gasteiger partial charge in [-0.2, -0.15) is 0 Å². The van der Waals surface area contributed by atoms with Crippen LogP contribution in [0.4, 0.5) is 5.69 Å². The van der Waals surface area contributed by atoms with Crippen molar-refractivity contribution in [2.24, 2.45) is 0 Å². The van der Waals surface area contributed by atoms with Crippen molar-refractivity contribution in [2.75, 3.05) is 5.32 Å². The fourth-order valence-corrected chi connectivity index (χ4v) is 1.41. The molecule has 1 aromatic heterocycles. The Hall–Kier alpha value is -2.43. The molecule has 2 aromatic rings. The first-order valence-corrected chi connectivity index (χ1v) is 5.08. The van der Waals surface area contributed by atoms with E-state index in [1.54, 1.807) is 6.07 Å². The molecule has 5 nitrogen and oxygen atoms in total. The molecule has 17 heavy (non-hydrogen) atoms. The number of nitrogens with zero attached hydrogens (tertiary/aromatic N) is 1. The van der Waals surface area contributed by atoms with Crippen molar-refractivity contribution in [2.45, 2.75) is 6.92 Å². The molecule has 0 radical (unpaired) electrons. The Kier molecular flexibility index (Phi) is 3.00. The molecule has 0 fully saturated rings. The van der Waals surface area contributed by atoms with Crippen molar-refractivity contribution in [1.29, 1.82) is 0 Å². The largest absolute Gasteiger partial charge is 0.321 e. The number of H-pyrrole nitrogens is 1. The number of nitrogens with one attached hydrogen (secondary N) is 2. The minimum Gasteiger partial charge on any atom is -0.321 e. The van der Waals surface area contributed by atoms with Gasteiger partial charge in [0.1, 0.15) is 5.69 Å². The lowest BCUT2D eigenvalue weighted by Gasteiger charge is -2.04. The molecule has 0 bridgehead atoms. The van der Waals surface area contributed by atoms with Crippen LogP contribution in [0.5, 0.6) is 0 Å². The molecule has 0 spiro atoms. The summed E-state index contributed by atoms with van der Waals surface area (Å²) in [5, 5.41) is 2.67. The first-order chi connectivity index (χ1) is 8.15. The summed E-state index contributed by atoms with van der Waals surface area (Å²) in [6.45, 7) is 1.93. The van der Waals surface area contributed by atoms with Crippen LogP contribution in [0.1, 0.15) is 16.1 Å². The lowest BCUT2D eigenvalue weighted by molar-refractivity contribution is 0.102. The van der Waals surface area contributed by atoms with E-state index in [1.165, 1.54) is 6.33 Å². The fourth-order valence-electron chi connectivity index (χ4n) is 1.41. The monoisotopic (exact) mass is 229 g/mol. The average Bonchev–Trinajstić information content (AvgIpc) is 2.29. The average molecular weight is 229 g/mol. The summed E-state index contributed by atoms with van der Waals surface area (Å²) < 4.78 is 0. The van der Waals surface area contributed by atoms with Gasteiger partial charge < -0.3 is 10.3 Å². The highest BCUT2D eigenvalue weighted by Gasteiger charge is 2.07. The van der Waals surface area contributed by atoms with Crippen molar-refractivity contribution in [3.63, 3.8) is 0 Å². The molecule has 1 aromatic carbocycles. The summed E-state index contributed by atoms with van der Waals surface area (Å²) in [6.07, 6.45) is 1.20. The summed E-state index contributed by atoms with van der Waals surface area (Å²) in [4.78, 5) is 28.9. The highest BCUT2D eigenvalue weighted by molar-refractivity contribution is 6.02. The van der Waals surface area contributed by atoms with E-state index in [2.05, 4.69) is 15.3 Å². The molecule has 0 unspecified atom stereocenters. The third kappa shape index (κ3) is 2.78. The normalized spacial score (nSPS) is 9.94. The van der Waals surface area contributed by atoms with Gasteiger partial charge in [0.15, 0.2) is 0 Å². The summed E-state index contributed by atoms with van der Waals surface area (Å²) >= 11 is 0. The molecule has 0 atom stereocenters. The van der Waals surface area contributed by atoms with Crippen molar-refractivity contribution < 1.29 is 4.79 Å². The minimum absolute atomic E-state index is 0.0928. The van der Waals surface area contributed by atoms with Crippen molar-refractivity contribution >= 4 is 11.6 Å². The van der Waals surface area contributed by atoms with Gasteiger partial charge in [-0.3, -0.25) is 9.59 Å². The van der Waals surface area contributed by atoms with E-state index in [4.69, 9.17) is 0 Å². The number of carbonyl (C=O) groups is 1. The molecule has 1 heterocycles. The number of benzene rings is 1. The number of anilines is 1. The van der Waals surface area contributed by atoms with E-state index < -0.39 is 5.91 Å². The molecule has 2 N–H and O–H groups in total. The molecule has 0 aliphatic heterocycles. The predicted octanol–water partition coefficient (Wildman–Crippen LogP) is 1.33. The van der Waals surface area contributed by atoms with E-state index in [1.807, 2.05) is 25.1 Å². The molecular formula is C12H11N3O2. The van der Waals surface area contributed by atoms with Crippen molar-refractivity contribution in [3.8, 4) is 0 Å². The quantitative estimate of drug-likeness (QED) is 0.815. The Morgan fingerprint density at radius 2 is 2.18 bits per heavy atom. The maximum absolute atomic E-state index is 11.8. The van der Waals surface area contributed by atoms with Crippen LogP contribution in [0.25, 0.3) is 0 Å². The van der Waals surface area contributed by atoms with Crippen LogP contribution in [-0.4, -0.2) is 15.9 Å². The summed E-state index contributed by atoms with van der Waals surface area (Å²) in [7, 11) is 0. The van der Waals surface area contributed by atoms with Crippen molar-refractivity contribution in [1.82, 2.24) is 9.97 Å². The van der Waals surface area contributed by atoms with Gasteiger partial charge in [0.05, 0.1) is 6.33 Å². The molecule has 0 saturated heterocycles. The number of aryl methyl sites for hydroxylation is 1. The Bertz CT molecular complexity index is 604. The van der Waals surface area contributed by atoms with Crippen LogP contribution < -0.4 is 10.9 Å². The van der Waals surface area contributed by atoms with Gasteiger partial charge in [0, 0.05) is 11.8 Å². The molecule has 86 valence electrons. The van der Waals surface area contributed by atoms with E-state index in [-0.39, 0.29) is 11.3 Å². The second-order valence-electron chi connectivity index (χ2n) is 3.62. The van der Waals surface area contributed by atoms with Gasteiger partial charge in [0.2, 0.25) is 0 Å². The lowest BCUT2D eigenvalue weighted by Crippen LogP contribution is -2.17. The lowest BCUT2D eigenvalue weighted by atomic mass is 10.2. The van der Waals surface area contributed by atoms with Crippen LogP contribution in [0.2, 0.25) is 0 Å². The molecule has 0 aliphatic rings. The van der Waals surface area contributed by atoms with E-state index >= 15 is 0 Å². The second kappa shape index (κ2) is 4.61. The smallest absolute Gasteiger partial charge is 0.274 e. The number of aromatic nitrogens is 2. The Labute approximate surface area is 97.5 Å². The van der Waals surface area contributed by atoms with Crippen LogP contribution in [0.15, 0.2) is 41.5 Å². The van der Waals surface area contributed by atoms with Crippen molar-refractivity contribution in [3.05, 3.63) is 58.3 Å². The molecule has 0 saturated carbocycles. The van der Waals surface area contributed by atoms with Gasteiger partial charge in [-0.05, 0) is 24.6 Å². The first-order valence-electron chi connectivity index (χ1n) is 5.08. The molecular weight excluding hydrogens is 218 g/mol. The molecule has 1 amide bonds. The standard InChI is InChI=1S/C12H11N3O2/c1-8-3-2-4-9(5-8)15-12(17)10-6-11(16)14-7-13-10/h2-7H,1H3,(H,15,17)(H,13,14,16).